The fourth-order valence-corrected chi connectivity index (χ4v) is 3.32. The van der Waals surface area contributed by atoms with Crippen molar-refractivity contribution in [3.05, 3.63) is 52.0 Å². The van der Waals surface area contributed by atoms with E-state index < -0.39 is 0 Å². The van der Waals surface area contributed by atoms with E-state index in [1.165, 1.54) is 23.1 Å². The molecule has 0 atom stereocenters. The number of carbonyl (C=O) groups is 1. The second-order valence-electron chi connectivity index (χ2n) is 3.87. The van der Waals surface area contributed by atoms with Crippen LogP contribution in [0.25, 0.3) is 0 Å². The molecule has 5 heteroatoms. The zero-order valence-corrected chi connectivity index (χ0v) is 11.3. The molecule has 0 radical (unpaired) electrons. The molecule has 1 aromatic heterocycles. The summed E-state index contributed by atoms with van der Waals surface area (Å²) >= 11 is 3.03. The Labute approximate surface area is 113 Å². The molecular weight excluding hydrogens is 264 g/mol. The lowest BCUT2D eigenvalue weighted by atomic mass is 10.1. The number of hydrogen-bond acceptors (Lipinski definition) is 5. The molecule has 3 rings (SSSR count). The highest BCUT2D eigenvalue weighted by Gasteiger charge is 2.25. The molecule has 2 heterocycles. The maximum absolute atomic E-state index is 12.1. The number of carbonyl (C=O) groups excluding carboxylic acids is 1. The second-order valence-corrected chi connectivity index (χ2v) is 5.82. The SMILES string of the molecule is Cc1csc(N/C=C2\Sc3ccccc3C2=O)n1. The van der Waals surface area contributed by atoms with Crippen LogP contribution in [-0.4, -0.2) is 10.8 Å². The number of nitrogens with one attached hydrogen (secondary N) is 1. The first-order valence-electron chi connectivity index (χ1n) is 5.44. The Hall–Kier alpha value is -1.59. The van der Waals surface area contributed by atoms with Gasteiger partial charge in [-0.2, -0.15) is 0 Å². The average molecular weight is 274 g/mol. The van der Waals surface area contributed by atoms with Gasteiger partial charge in [0.1, 0.15) is 0 Å². The summed E-state index contributed by atoms with van der Waals surface area (Å²) < 4.78 is 0. The molecule has 0 unspecified atom stereocenters. The van der Waals surface area contributed by atoms with Crippen molar-refractivity contribution in [2.75, 3.05) is 5.32 Å². The van der Waals surface area contributed by atoms with Crippen molar-refractivity contribution < 1.29 is 4.79 Å². The summed E-state index contributed by atoms with van der Waals surface area (Å²) in [4.78, 5) is 18.1. The van der Waals surface area contributed by atoms with Crippen molar-refractivity contribution in [3.8, 4) is 0 Å². The highest BCUT2D eigenvalue weighted by molar-refractivity contribution is 8.04. The van der Waals surface area contributed by atoms with E-state index >= 15 is 0 Å². The summed E-state index contributed by atoms with van der Waals surface area (Å²) in [6.45, 7) is 1.94. The minimum absolute atomic E-state index is 0.0800. The third-order valence-electron chi connectivity index (χ3n) is 2.52. The number of nitrogens with zero attached hydrogens (tertiary/aromatic N) is 1. The first-order valence-corrected chi connectivity index (χ1v) is 7.14. The molecule has 0 aliphatic carbocycles. The van der Waals surface area contributed by atoms with Crippen LogP contribution in [0.1, 0.15) is 16.1 Å². The van der Waals surface area contributed by atoms with Crippen LogP contribution in [0.2, 0.25) is 0 Å². The van der Waals surface area contributed by atoms with Gasteiger partial charge in [0.15, 0.2) is 5.13 Å². The van der Waals surface area contributed by atoms with E-state index in [4.69, 9.17) is 0 Å². The highest BCUT2D eigenvalue weighted by Crippen LogP contribution is 2.39. The van der Waals surface area contributed by atoms with Gasteiger partial charge in [-0.05, 0) is 19.1 Å². The third-order valence-corrected chi connectivity index (χ3v) is 4.51. The van der Waals surface area contributed by atoms with Gasteiger partial charge < -0.3 is 5.32 Å². The number of ketones is 1. The summed E-state index contributed by atoms with van der Waals surface area (Å²) in [5.74, 6) is 0.0800. The Morgan fingerprint density at radius 2 is 2.17 bits per heavy atom. The van der Waals surface area contributed by atoms with Crippen LogP contribution in [0.4, 0.5) is 5.13 Å². The van der Waals surface area contributed by atoms with Crippen molar-refractivity contribution in [2.45, 2.75) is 11.8 Å². The zero-order chi connectivity index (χ0) is 12.5. The van der Waals surface area contributed by atoms with E-state index in [-0.39, 0.29) is 5.78 Å². The monoisotopic (exact) mass is 274 g/mol. The van der Waals surface area contributed by atoms with Crippen molar-refractivity contribution in [2.24, 2.45) is 0 Å². The number of benzene rings is 1. The maximum Gasteiger partial charge on any atom is 0.202 e. The number of thiazole rings is 1. The van der Waals surface area contributed by atoms with E-state index in [9.17, 15) is 4.79 Å². The van der Waals surface area contributed by atoms with Crippen LogP contribution in [0.5, 0.6) is 0 Å². The number of aryl methyl sites for hydroxylation is 1. The summed E-state index contributed by atoms with van der Waals surface area (Å²) in [6.07, 6.45) is 1.74. The molecule has 1 N–H and O–H groups in total. The minimum Gasteiger partial charge on any atom is -0.337 e. The molecule has 1 aliphatic heterocycles. The maximum atomic E-state index is 12.1. The summed E-state index contributed by atoms with van der Waals surface area (Å²) in [6, 6.07) is 7.66. The molecule has 18 heavy (non-hydrogen) atoms. The van der Waals surface area contributed by atoms with Gasteiger partial charge in [-0.15, -0.1) is 11.3 Å². The molecule has 0 saturated carbocycles. The Morgan fingerprint density at radius 3 is 2.89 bits per heavy atom. The van der Waals surface area contributed by atoms with Crippen LogP contribution < -0.4 is 5.32 Å². The fraction of sp³-hybridized carbons (Fsp3) is 0.0769. The van der Waals surface area contributed by atoms with Gasteiger partial charge in [0.2, 0.25) is 5.78 Å². The van der Waals surface area contributed by atoms with Gasteiger partial charge in [-0.3, -0.25) is 4.79 Å². The standard InChI is InChI=1S/C13H10N2OS2/c1-8-7-17-13(15-8)14-6-11-12(16)9-4-2-3-5-10(9)18-11/h2-7H,1H3,(H,14,15)/b11-6-. The Bertz CT molecular complexity index is 646. The van der Waals surface area contributed by atoms with Gasteiger partial charge in [-0.25, -0.2) is 4.98 Å². The smallest absolute Gasteiger partial charge is 0.202 e. The van der Waals surface area contributed by atoms with Crippen molar-refractivity contribution in [1.29, 1.82) is 0 Å². The second kappa shape index (κ2) is 4.59. The van der Waals surface area contributed by atoms with Crippen LogP contribution in [0.3, 0.4) is 0 Å². The molecule has 0 saturated heterocycles. The van der Waals surface area contributed by atoms with Crippen LogP contribution in [0.15, 0.2) is 45.6 Å². The van der Waals surface area contributed by atoms with Crippen LogP contribution >= 0.6 is 23.1 Å². The molecule has 1 aliphatic rings. The lowest BCUT2D eigenvalue weighted by Crippen LogP contribution is -1.97. The number of thioether (sulfide) groups is 1. The topological polar surface area (TPSA) is 42.0 Å². The molecule has 1 aromatic carbocycles. The lowest BCUT2D eigenvalue weighted by Gasteiger charge is -1.96. The first kappa shape index (κ1) is 11.5. The first-order chi connectivity index (χ1) is 8.74. The molecule has 90 valence electrons. The van der Waals surface area contributed by atoms with E-state index in [0.717, 1.165) is 21.3 Å². The minimum atomic E-state index is 0.0800. The van der Waals surface area contributed by atoms with E-state index in [2.05, 4.69) is 10.3 Å². The summed E-state index contributed by atoms with van der Waals surface area (Å²) in [7, 11) is 0. The number of anilines is 1. The number of allylic oxidation sites excluding steroid dienone is 1. The third kappa shape index (κ3) is 2.07. The van der Waals surface area contributed by atoms with Gasteiger partial charge in [0.25, 0.3) is 0 Å². The van der Waals surface area contributed by atoms with Gasteiger partial charge in [0.05, 0.1) is 10.6 Å². The predicted octanol–water partition coefficient (Wildman–Crippen LogP) is 3.69. The molecular formula is C13H10N2OS2. The Morgan fingerprint density at radius 1 is 1.33 bits per heavy atom. The Kier molecular flexibility index (Phi) is 2.93. The Balaban J connectivity index is 1.82. The molecule has 0 spiro atoms. The normalized spacial score (nSPS) is 16.1. The van der Waals surface area contributed by atoms with Crippen molar-refractivity contribution in [1.82, 2.24) is 4.98 Å². The number of rotatable bonds is 2. The largest absolute Gasteiger partial charge is 0.337 e. The van der Waals surface area contributed by atoms with Crippen molar-refractivity contribution in [3.63, 3.8) is 0 Å². The summed E-state index contributed by atoms with van der Waals surface area (Å²) in [5.41, 5.74) is 1.76. The van der Waals surface area contributed by atoms with E-state index in [1.807, 2.05) is 36.6 Å². The lowest BCUT2D eigenvalue weighted by molar-refractivity contribution is 0.104. The number of fused-ring (bicyclic) bond motifs is 1. The van der Waals surface area contributed by atoms with Gasteiger partial charge >= 0.3 is 0 Å². The molecule has 3 nitrogen and oxygen atoms in total. The fourth-order valence-electron chi connectivity index (χ4n) is 1.68. The van der Waals surface area contributed by atoms with E-state index in [0.29, 0.717) is 4.91 Å². The van der Waals surface area contributed by atoms with Crippen molar-refractivity contribution >= 4 is 34.0 Å². The van der Waals surface area contributed by atoms with Gasteiger partial charge in [0, 0.05) is 22.0 Å². The molecule has 0 amide bonds. The average Bonchev–Trinajstić information content (AvgIpc) is 2.92. The zero-order valence-electron chi connectivity index (χ0n) is 9.64. The van der Waals surface area contributed by atoms with E-state index in [1.54, 1.807) is 6.20 Å². The van der Waals surface area contributed by atoms with Crippen LogP contribution in [-0.2, 0) is 0 Å². The predicted molar refractivity (Wildman–Crippen MR) is 75.2 cm³/mol. The highest BCUT2D eigenvalue weighted by atomic mass is 32.2. The molecule has 2 aromatic rings. The molecule has 0 bridgehead atoms. The summed E-state index contributed by atoms with van der Waals surface area (Å²) in [5, 5.41) is 5.86. The van der Waals surface area contributed by atoms with Gasteiger partial charge in [-0.1, -0.05) is 23.9 Å². The quantitative estimate of drug-likeness (QED) is 0.848. The van der Waals surface area contributed by atoms with Crippen LogP contribution in [0, 0.1) is 6.92 Å². The number of aromatic nitrogens is 1. The number of Topliss-reactive ketones (excluding diaryl/α,β-unsaturated/α-hetero) is 1. The molecule has 0 fully saturated rings. The number of hydrogen-bond donors (Lipinski definition) is 1.